The maximum absolute atomic E-state index is 13.1. The monoisotopic (exact) mass is 387 g/mol. The first-order valence-corrected chi connectivity index (χ1v) is 9.68. The van der Waals surface area contributed by atoms with Crippen LogP contribution >= 0.6 is 0 Å². The smallest absolute Gasteiger partial charge is 0.229 e. The van der Waals surface area contributed by atoms with Crippen LogP contribution in [0.3, 0.4) is 0 Å². The van der Waals surface area contributed by atoms with Crippen molar-refractivity contribution in [3.05, 3.63) is 96.3 Å². The van der Waals surface area contributed by atoms with E-state index < -0.39 is 0 Å². The zero-order valence-electron chi connectivity index (χ0n) is 16.6. The van der Waals surface area contributed by atoms with Crippen molar-refractivity contribution in [1.29, 1.82) is 0 Å². The topological polar surface area (TPSA) is 53.5 Å². The summed E-state index contributed by atoms with van der Waals surface area (Å²) in [6, 6.07) is 25.1. The predicted octanol–water partition coefficient (Wildman–Crippen LogP) is 4.05. The van der Waals surface area contributed by atoms with Crippen LogP contribution in [0.15, 0.2) is 85.1 Å². The standard InChI is InChI=1S/C24H25N3O2/c1-20(28)26(19-22-12-8-9-16-25-22)17-15-24(29)27(23-13-6-3-7-14-23)18-21-10-4-2-5-11-21/h2-14,16H,15,17-19H2,1H3. The van der Waals surface area contributed by atoms with Gasteiger partial charge in [0.2, 0.25) is 11.8 Å². The average Bonchev–Trinajstić information content (AvgIpc) is 2.76. The van der Waals surface area contributed by atoms with Gasteiger partial charge in [-0.1, -0.05) is 54.6 Å². The summed E-state index contributed by atoms with van der Waals surface area (Å²) in [5.74, 6) is -0.0925. The van der Waals surface area contributed by atoms with Crippen molar-refractivity contribution >= 4 is 17.5 Å². The van der Waals surface area contributed by atoms with Crippen LogP contribution in [-0.2, 0) is 22.7 Å². The molecule has 3 aromatic rings. The third-order valence-corrected chi connectivity index (χ3v) is 4.67. The van der Waals surface area contributed by atoms with Gasteiger partial charge in [0, 0.05) is 31.8 Å². The summed E-state index contributed by atoms with van der Waals surface area (Å²) < 4.78 is 0. The molecule has 0 aliphatic carbocycles. The number of nitrogens with zero attached hydrogens (tertiary/aromatic N) is 3. The Morgan fingerprint density at radius 3 is 2.10 bits per heavy atom. The third kappa shape index (κ3) is 6.01. The van der Waals surface area contributed by atoms with Crippen molar-refractivity contribution in [1.82, 2.24) is 9.88 Å². The summed E-state index contributed by atoms with van der Waals surface area (Å²) in [5.41, 5.74) is 2.71. The minimum Gasteiger partial charge on any atom is -0.337 e. The molecule has 0 unspecified atom stereocenters. The van der Waals surface area contributed by atoms with Crippen LogP contribution in [-0.4, -0.2) is 28.2 Å². The summed E-state index contributed by atoms with van der Waals surface area (Å²) in [6.07, 6.45) is 1.95. The van der Waals surface area contributed by atoms with Gasteiger partial charge in [-0.3, -0.25) is 14.6 Å². The molecule has 0 spiro atoms. The van der Waals surface area contributed by atoms with E-state index in [-0.39, 0.29) is 18.2 Å². The Kier molecular flexibility index (Phi) is 7.11. The molecule has 0 aliphatic rings. The summed E-state index contributed by atoms with van der Waals surface area (Å²) in [4.78, 5) is 32.9. The zero-order chi connectivity index (χ0) is 20.5. The Hall–Kier alpha value is -3.47. The minimum atomic E-state index is -0.0715. The molecule has 0 radical (unpaired) electrons. The third-order valence-electron chi connectivity index (χ3n) is 4.67. The van der Waals surface area contributed by atoms with E-state index in [2.05, 4.69) is 4.98 Å². The quantitative estimate of drug-likeness (QED) is 0.586. The fourth-order valence-electron chi connectivity index (χ4n) is 3.10. The Bertz CT molecular complexity index is 915. The van der Waals surface area contributed by atoms with Crippen LogP contribution in [0.1, 0.15) is 24.6 Å². The molecule has 2 aromatic carbocycles. The van der Waals surface area contributed by atoms with Crippen LogP contribution in [0.25, 0.3) is 0 Å². The molecule has 0 atom stereocenters. The molecule has 5 nitrogen and oxygen atoms in total. The number of hydrogen-bond donors (Lipinski definition) is 0. The highest BCUT2D eigenvalue weighted by Crippen LogP contribution is 2.18. The number of para-hydroxylation sites is 1. The van der Waals surface area contributed by atoms with Gasteiger partial charge >= 0.3 is 0 Å². The highest BCUT2D eigenvalue weighted by atomic mass is 16.2. The van der Waals surface area contributed by atoms with Gasteiger partial charge in [-0.15, -0.1) is 0 Å². The van der Waals surface area contributed by atoms with Crippen molar-refractivity contribution in [2.24, 2.45) is 0 Å². The van der Waals surface area contributed by atoms with Gasteiger partial charge in [-0.25, -0.2) is 0 Å². The van der Waals surface area contributed by atoms with E-state index in [1.54, 1.807) is 16.0 Å². The number of carbonyl (C=O) groups excluding carboxylic acids is 2. The molecule has 29 heavy (non-hydrogen) atoms. The Balaban J connectivity index is 1.70. The van der Waals surface area contributed by atoms with Gasteiger partial charge in [-0.05, 0) is 29.8 Å². The summed E-state index contributed by atoms with van der Waals surface area (Å²) in [5, 5.41) is 0. The highest BCUT2D eigenvalue weighted by Gasteiger charge is 2.19. The van der Waals surface area contributed by atoms with E-state index in [9.17, 15) is 9.59 Å². The first kappa shape index (κ1) is 20.3. The molecule has 148 valence electrons. The lowest BCUT2D eigenvalue weighted by molar-refractivity contribution is -0.130. The molecule has 0 saturated heterocycles. The summed E-state index contributed by atoms with van der Waals surface area (Å²) in [7, 11) is 0. The fourth-order valence-corrected chi connectivity index (χ4v) is 3.10. The number of carbonyl (C=O) groups is 2. The maximum atomic E-state index is 13.1. The largest absolute Gasteiger partial charge is 0.337 e. The van der Waals surface area contributed by atoms with Gasteiger partial charge in [0.25, 0.3) is 0 Å². The predicted molar refractivity (Wildman–Crippen MR) is 114 cm³/mol. The van der Waals surface area contributed by atoms with Gasteiger partial charge in [-0.2, -0.15) is 0 Å². The van der Waals surface area contributed by atoms with Crippen molar-refractivity contribution < 1.29 is 9.59 Å². The summed E-state index contributed by atoms with van der Waals surface area (Å²) >= 11 is 0. The fraction of sp³-hybridized carbons (Fsp3) is 0.208. The molecule has 0 N–H and O–H groups in total. The number of hydrogen-bond acceptors (Lipinski definition) is 3. The second-order valence-corrected chi connectivity index (χ2v) is 6.81. The molecule has 0 fully saturated rings. The molecule has 1 heterocycles. The van der Waals surface area contributed by atoms with Crippen LogP contribution < -0.4 is 4.90 Å². The SMILES string of the molecule is CC(=O)N(CCC(=O)N(Cc1ccccc1)c1ccccc1)Cc1ccccn1. The van der Waals surface area contributed by atoms with E-state index in [1.807, 2.05) is 78.9 Å². The van der Waals surface area contributed by atoms with E-state index in [4.69, 9.17) is 0 Å². The van der Waals surface area contributed by atoms with Crippen LogP contribution in [0, 0.1) is 0 Å². The van der Waals surface area contributed by atoms with E-state index in [0.717, 1.165) is 16.9 Å². The molecular weight excluding hydrogens is 362 g/mol. The molecule has 1 aromatic heterocycles. The molecule has 0 bridgehead atoms. The van der Waals surface area contributed by atoms with Crippen LogP contribution in [0.5, 0.6) is 0 Å². The van der Waals surface area contributed by atoms with Crippen LogP contribution in [0.2, 0.25) is 0 Å². The highest BCUT2D eigenvalue weighted by molar-refractivity contribution is 5.93. The van der Waals surface area contributed by atoms with Gasteiger partial charge in [0.15, 0.2) is 0 Å². The first-order chi connectivity index (χ1) is 14.1. The molecular formula is C24H25N3O2. The normalized spacial score (nSPS) is 10.4. The first-order valence-electron chi connectivity index (χ1n) is 9.68. The van der Waals surface area contributed by atoms with Gasteiger partial charge < -0.3 is 9.80 Å². The minimum absolute atomic E-state index is 0.0210. The molecule has 0 aliphatic heterocycles. The molecule has 2 amide bonds. The number of amides is 2. The van der Waals surface area contributed by atoms with Crippen molar-refractivity contribution in [2.45, 2.75) is 26.4 Å². The number of anilines is 1. The maximum Gasteiger partial charge on any atom is 0.229 e. The van der Waals surface area contributed by atoms with E-state index in [1.165, 1.54) is 6.92 Å². The van der Waals surface area contributed by atoms with Crippen molar-refractivity contribution in [2.75, 3.05) is 11.4 Å². The van der Waals surface area contributed by atoms with Gasteiger partial charge in [0.05, 0.1) is 18.8 Å². The van der Waals surface area contributed by atoms with Crippen molar-refractivity contribution in [3.63, 3.8) is 0 Å². The van der Waals surface area contributed by atoms with Crippen LogP contribution in [0.4, 0.5) is 5.69 Å². The zero-order valence-corrected chi connectivity index (χ0v) is 16.6. The lowest BCUT2D eigenvalue weighted by atomic mass is 10.1. The lowest BCUT2D eigenvalue weighted by Gasteiger charge is -2.25. The van der Waals surface area contributed by atoms with Gasteiger partial charge in [0.1, 0.15) is 0 Å². The lowest BCUT2D eigenvalue weighted by Crippen LogP contribution is -2.36. The number of aromatic nitrogens is 1. The second kappa shape index (κ2) is 10.2. The number of pyridine rings is 1. The molecule has 0 saturated carbocycles. The number of rotatable bonds is 8. The molecule has 5 heteroatoms. The second-order valence-electron chi connectivity index (χ2n) is 6.81. The molecule has 3 rings (SSSR count). The Labute approximate surface area is 171 Å². The van der Waals surface area contributed by atoms with Crippen molar-refractivity contribution in [3.8, 4) is 0 Å². The van der Waals surface area contributed by atoms with E-state index >= 15 is 0 Å². The number of benzene rings is 2. The van der Waals surface area contributed by atoms with E-state index in [0.29, 0.717) is 19.6 Å². The Morgan fingerprint density at radius 2 is 1.48 bits per heavy atom. The average molecular weight is 387 g/mol. The summed E-state index contributed by atoms with van der Waals surface area (Å²) in [6.45, 7) is 2.76. The Morgan fingerprint density at radius 1 is 0.828 bits per heavy atom.